The first-order chi connectivity index (χ1) is 9.76. The van der Waals surface area contributed by atoms with E-state index in [1.807, 2.05) is 11.3 Å². The Morgan fingerprint density at radius 2 is 2.10 bits per heavy atom. The molecule has 1 aromatic heterocycles. The second-order valence-corrected chi connectivity index (χ2v) is 6.90. The van der Waals surface area contributed by atoms with E-state index < -0.39 is 0 Å². The molecular formula is C18H23NS. The van der Waals surface area contributed by atoms with Crippen LogP contribution in [0.3, 0.4) is 0 Å². The van der Waals surface area contributed by atoms with Gasteiger partial charge in [-0.05, 0) is 49.1 Å². The fraction of sp³-hybridized carbons (Fsp3) is 0.444. The fourth-order valence-electron chi connectivity index (χ4n) is 3.13. The summed E-state index contributed by atoms with van der Waals surface area (Å²) in [5.41, 5.74) is 2.90. The van der Waals surface area contributed by atoms with Crippen LogP contribution < -0.4 is 5.32 Å². The van der Waals surface area contributed by atoms with E-state index in [4.69, 9.17) is 0 Å². The normalized spacial score (nSPS) is 23.3. The van der Waals surface area contributed by atoms with Crippen molar-refractivity contribution < 1.29 is 0 Å². The number of benzene rings is 1. The molecule has 0 spiro atoms. The average Bonchev–Trinajstić information content (AvgIpc) is 2.91. The van der Waals surface area contributed by atoms with E-state index in [1.54, 1.807) is 0 Å². The molecule has 106 valence electrons. The SMILES string of the molecule is CCC(NC1CC(c2cccc(C)c2)C1)c1cccs1. The lowest BCUT2D eigenvalue weighted by molar-refractivity contribution is 0.264. The summed E-state index contributed by atoms with van der Waals surface area (Å²) in [5, 5.41) is 6.01. The Kier molecular flexibility index (Phi) is 4.23. The smallest absolute Gasteiger partial charge is 0.0414 e. The molecular weight excluding hydrogens is 262 g/mol. The first-order valence-corrected chi connectivity index (χ1v) is 8.50. The summed E-state index contributed by atoms with van der Waals surface area (Å²) in [5.74, 6) is 0.758. The Morgan fingerprint density at radius 3 is 2.75 bits per heavy atom. The molecule has 20 heavy (non-hydrogen) atoms. The molecule has 1 unspecified atom stereocenters. The van der Waals surface area contributed by atoms with Gasteiger partial charge in [0.15, 0.2) is 0 Å². The second-order valence-electron chi connectivity index (χ2n) is 5.92. The van der Waals surface area contributed by atoms with Gasteiger partial charge in [0.2, 0.25) is 0 Å². The fourth-order valence-corrected chi connectivity index (χ4v) is 4.00. The molecule has 0 amide bonds. The van der Waals surface area contributed by atoms with Gasteiger partial charge >= 0.3 is 0 Å². The van der Waals surface area contributed by atoms with Gasteiger partial charge in [-0.25, -0.2) is 0 Å². The van der Waals surface area contributed by atoms with Crippen LogP contribution in [-0.4, -0.2) is 6.04 Å². The Morgan fingerprint density at radius 1 is 1.25 bits per heavy atom. The van der Waals surface area contributed by atoms with Gasteiger partial charge < -0.3 is 5.32 Å². The summed E-state index contributed by atoms with van der Waals surface area (Å²) in [6.07, 6.45) is 3.74. The quantitative estimate of drug-likeness (QED) is 0.811. The molecule has 1 aliphatic rings. The van der Waals surface area contributed by atoms with Crippen molar-refractivity contribution in [2.75, 3.05) is 0 Å². The van der Waals surface area contributed by atoms with E-state index in [1.165, 1.54) is 35.3 Å². The second kappa shape index (κ2) is 6.11. The number of rotatable bonds is 5. The average molecular weight is 285 g/mol. The van der Waals surface area contributed by atoms with Crippen LogP contribution in [0.2, 0.25) is 0 Å². The third-order valence-electron chi connectivity index (χ3n) is 4.38. The van der Waals surface area contributed by atoms with Crippen LogP contribution in [0.25, 0.3) is 0 Å². The lowest BCUT2D eigenvalue weighted by Gasteiger charge is -2.38. The molecule has 2 heteroatoms. The number of nitrogens with one attached hydrogen (secondary N) is 1. The summed E-state index contributed by atoms with van der Waals surface area (Å²) in [6, 6.07) is 14.6. The molecule has 1 aliphatic carbocycles. The number of thiophene rings is 1. The molecule has 1 aromatic carbocycles. The van der Waals surface area contributed by atoms with Crippen molar-refractivity contribution >= 4 is 11.3 Å². The van der Waals surface area contributed by atoms with Gasteiger partial charge in [-0.1, -0.05) is 42.8 Å². The van der Waals surface area contributed by atoms with Crippen LogP contribution in [0.15, 0.2) is 41.8 Å². The van der Waals surface area contributed by atoms with Gasteiger partial charge in [0.05, 0.1) is 0 Å². The minimum atomic E-state index is 0.540. The highest BCUT2D eigenvalue weighted by Crippen LogP contribution is 2.38. The van der Waals surface area contributed by atoms with Crippen molar-refractivity contribution in [2.45, 2.75) is 51.1 Å². The van der Waals surface area contributed by atoms with Gasteiger partial charge in [-0.15, -0.1) is 11.3 Å². The van der Waals surface area contributed by atoms with Crippen molar-refractivity contribution in [3.05, 3.63) is 57.8 Å². The highest BCUT2D eigenvalue weighted by atomic mass is 32.1. The summed E-state index contributed by atoms with van der Waals surface area (Å²) < 4.78 is 0. The monoisotopic (exact) mass is 285 g/mol. The van der Waals surface area contributed by atoms with Gasteiger partial charge in [0.1, 0.15) is 0 Å². The molecule has 1 nitrogen and oxygen atoms in total. The van der Waals surface area contributed by atoms with Gasteiger partial charge in [0, 0.05) is 17.0 Å². The van der Waals surface area contributed by atoms with Crippen molar-refractivity contribution in [3.8, 4) is 0 Å². The lowest BCUT2D eigenvalue weighted by Crippen LogP contribution is -2.41. The summed E-state index contributed by atoms with van der Waals surface area (Å²) in [6.45, 7) is 4.45. The maximum atomic E-state index is 3.83. The largest absolute Gasteiger partial charge is 0.306 e. The van der Waals surface area contributed by atoms with E-state index in [9.17, 15) is 0 Å². The van der Waals surface area contributed by atoms with Gasteiger partial charge in [-0.2, -0.15) is 0 Å². The highest BCUT2D eigenvalue weighted by molar-refractivity contribution is 7.10. The zero-order valence-corrected chi connectivity index (χ0v) is 13.1. The molecule has 0 aliphatic heterocycles. The van der Waals surface area contributed by atoms with E-state index in [2.05, 4.69) is 60.9 Å². The van der Waals surface area contributed by atoms with E-state index in [0.29, 0.717) is 12.1 Å². The maximum absolute atomic E-state index is 3.83. The molecule has 3 rings (SSSR count). The molecule has 0 saturated heterocycles. The predicted molar refractivity (Wildman–Crippen MR) is 87.4 cm³/mol. The molecule has 1 N–H and O–H groups in total. The topological polar surface area (TPSA) is 12.0 Å². The predicted octanol–water partition coefficient (Wildman–Crippen LogP) is 5.04. The summed E-state index contributed by atoms with van der Waals surface area (Å²) >= 11 is 1.87. The molecule has 1 saturated carbocycles. The van der Waals surface area contributed by atoms with E-state index in [0.717, 1.165) is 5.92 Å². The number of hydrogen-bond donors (Lipinski definition) is 1. The van der Waals surface area contributed by atoms with Crippen LogP contribution in [-0.2, 0) is 0 Å². The first-order valence-electron chi connectivity index (χ1n) is 7.62. The number of hydrogen-bond acceptors (Lipinski definition) is 2. The van der Waals surface area contributed by atoms with Crippen LogP contribution in [0.1, 0.15) is 54.1 Å². The molecule has 1 atom stereocenters. The van der Waals surface area contributed by atoms with Crippen molar-refractivity contribution in [1.29, 1.82) is 0 Å². The highest BCUT2D eigenvalue weighted by Gasteiger charge is 2.31. The van der Waals surface area contributed by atoms with Crippen molar-refractivity contribution in [1.82, 2.24) is 5.32 Å². The van der Waals surface area contributed by atoms with Crippen molar-refractivity contribution in [3.63, 3.8) is 0 Å². The van der Waals surface area contributed by atoms with Crippen LogP contribution in [0.4, 0.5) is 0 Å². The standard InChI is InChI=1S/C18H23NS/c1-3-17(18-8-5-9-20-18)19-16-11-15(12-16)14-7-4-6-13(2)10-14/h4-10,15-17,19H,3,11-12H2,1-2H3. The summed E-state index contributed by atoms with van der Waals surface area (Å²) in [7, 11) is 0. The minimum Gasteiger partial charge on any atom is -0.306 e. The third-order valence-corrected chi connectivity index (χ3v) is 5.37. The summed E-state index contributed by atoms with van der Waals surface area (Å²) in [4.78, 5) is 1.48. The van der Waals surface area contributed by atoms with E-state index in [-0.39, 0.29) is 0 Å². The molecule has 2 aromatic rings. The Balaban J connectivity index is 1.55. The van der Waals surface area contributed by atoms with Crippen LogP contribution in [0, 0.1) is 6.92 Å². The minimum absolute atomic E-state index is 0.540. The Hall–Kier alpha value is -1.12. The first kappa shape index (κ1) is 13.8. The van der Waals surface area contributed by atoms with Gasteiger partial charge in [-0.3, -0.25) is 0 Å². The van der Waals surface area contributed by atoms with Crippen LogP contribution >= 0.6 is 11.3 Å². The Labute approximate surface area is 126 Å². The molecule has 0 radical (unpaired) electrons. The molecule has 1 fully saturated rings. The maximum Gasteiger partial charge on any atom is 0.0414 e. The molecule has 1 heterocycles. The van der Waals surface area contributed by atoms with E-state index >= 15 is 0 Å². The lowest BCUT2D eigenvalue weighted by atomic mass is 9.75. The van der Waals surface area contributed by atoms with Crippen molar-refractivity contribution in [2.24, 2.45) is 0 Å². The third kappa shape index (κ3) is 2.97. The molecule has 0 bridgehead atoms. The number of aryl methyl sites for hydroxylation is 1. The zero-order valence-electron chi connectivity index (χ0n) is 12.3. The zero-order chi connectivity index (χ0) is 13.9. The van der Waals surface area contributed by atoms with Gasteiger partial charge in [0.25, 0.3) is 0 Å². The van der Waals surface area contributed by atoms with Crippen LogP contribution in [0.5, 0.6) is 0 Å². The Bertz CT molecular complexity index is 540.